The van der Waals surface area contributed by atoms with Crippen molar-refractivity contribution in [2.75, 3.05) is 0 Å². The molecule has 0 N–H and O–H groups in total. The number of aromatic nitrogens is 1. The second kappa shape index (κ2) is 6.51. The summed E-state index contributed by atoms with van der Waals surface area (Å²) in [5.74, 6) is 0.689. The summed E-state index contributed by atoms with van der Waals surface area (Å²) in [5, 5.41) is 0. The molecule has 2 rings (SSSR count). The molecule has 0 spiro atoms. The summed E-state index contributed by atoms with van der Waals surface area (Å²) < 4.78 is 0. The molecular weight excluding hydrogens is 242 g/mol. The zero-order valence-corrected chi connectivity index (χ0v) is 12.9. The fourth-order valence-electron chi connectivity index (χ4n) is 2.21. The van der Waals surface area contributed by atoms with Gasteiger partial charge in [-0.25, -0.2) is 0 Å². The van der Waals surface area contributed by atoms with E-state index in [9.17, 15) is 0 Å². The molecule has 20 heavy (non-hydrogen) atoms. The van der Waals surface area contributed by atoms with E-state index in [0.29, 0.717) is 5.92 Å². The van der Waals surface area contributed by atoms with Crippen LogP contribution in [0.3, 0.4) is 0 Å². The topological polar surface area (TPSA) is 12.9 Å². The van der Waals surface area contributed by atoms with Crippen molar-refractivity contribution in [1.82, 2.24) is 4.98 Å². The van der Waals surface area contributed by atoms with E-state index in [1.165, 1.54) is 22.3 Å². The van der Waals surface area contributed by atoms with Crippen molar-refractivity contribution in [1.29, 1.82) is 0 Å². The van der Waals surface area contributed by atoms with Gasteiger partial charge < -0.3 is 0 Å². The van der Waals surface area contributed by atoms with E-state index in [4.69, 9.17) is 0 Å². The Balaban J connectivity index is 2.29. The Hall–Kier alpha value is -1.89. The third-order valence-corrected chi connectivity index (χ3v) is 3.50. The highest BCUT2D eigenvalue weighted by Crippen LogP contribution is 2.24. The zero-order chi connectivity index (χ0) is 14.5. The van der Waals surface area contributed by atoms with E-state index in [1.54, 1.807) is 0 Å². The molecule has 0 saturated heterocycles. The van der Waals surface area contributed by atoms with Crippen LogP contribution in [0.15, 0.2) is 48.7 Å². The molecule has 0 aliphatic heterocycles. The van der Waals surface area contributed by atoms with E-state index >= 15 is 0 Å². The smallest absolute Gasteiger partial charge is 0.0658 e. The number of benzene rings is 1. The molecule has 0 amide bonds. The molecule has 0 atom stereocenters. The fourth-order valence-corrected chi connectivity index (χ4v) is 2.21. The largest absolute Gasteiger partial charge is 0.256 e. The number of pyridine rings is 1. The lowest BCUT2D eigenvalue weighted by atomic mass is 10.00. The summed E-state index contributed by atoms with van der Waals surface area (Å²) in [6, 6.07) is 12.6. The Morgan fingerprint density at radius 1 is 1.20 bits per heavy atom. The summed E-state index contributed by atoms with van der Waals surface area (Å²) in [7, 11) is 0. The predicted molar refractivity (Wildman–Crippen MR) is 87.5 cm³/mol. The van der Waals surface area contributed by atoms with Crippen LogP contribution in [-0.2, 0) is 0 Å². The average Bonchev–Trinajstić information content (AvgIpc) is 2.45. The minimum absolute atomic E-state index is 0.689. The summed E-state index contributed by atoms with van der Waals surface area (Å²) in [6.07, 6.45) is 5.38. The quantitative estimate of drug-likeness (QED) is 0.710. The summed E-state index contributed by atoms with van der Waals surface area (Å²) in [4.78, 5) is 4.63. The molecule has 0 unspecified atom stereocenters. The Morgan fingerprint density at radius 2 is 1.90 bits per heavy atom. The van der Waals surface area contributed by atoms with Gasteiger partial charge in [-0.1, -0.05) is 50.3 Å². The van der Waals surface area contributed by atoms with Gasteiger partial charge in [-0.15, -0.1) is 0 Å². The zero-order valence-electron chi connectivity index (χ0n) is 12.9. The number of allylic oxidation sites excluding steroid dienone is 2. The van der Waals surface area contributed by atoms with Crippen LogP contribution in [0, 0.1) is 12.8 Å². The van der Waals surface area contributed by atoms with Gasteiger partial charge in [0.25, 0.3) is 0 Å². The lowest BCUT2D eigenvalue weighted by molar-refractivity contribution is 0.664. The van der Waals surface area contributed by atoms with Crippen molar-refractivity contribution < 1.29 is 0 Å². The van der Waals surface area contributed by atoms with Crippen LogP contribution in [0.25, 0.3) is 16.7 Å². The molecule has 1 nitrogen and oxygen atoms in total. The second-order valence-corrected chi connectivity index (χ2v) is 5.77. The second-order valence-electron chi connectivity index (χ2n) is 5.77. The van der Waals surface area contributed by atoms with Gasteiger partial charge in [0, 0.05) is 11.8 Å². The minimum Gasteiger partial charge on any atom is -0.256 e. The summed E-state index contributed by atoms with van der Waals surface area (Å²) in [6.45, 7) is 8.78. The van der Waals surface area contributed by atoms with E-state index in [-0.39, 0.29) is 0 Å². The first-order valence-corrected chi connectivity index (χ1v) is 7.27. The first-order valence-electron chi connectivity index (χ1n) is 7.27. The van der Waals surface area contributed by atoms with Gasteiger partial charge in [-0.2, -0.15) is 0 Å². The Bertz CT molecular complexity index is 594. The van der Waals surface area contributed by atoms with Gasteiger partial charge in [0.1, 0.15) is 0 Å². The van der Waals surface area contributed by atoms with E-state index in [1.807, 2.05) is 12.3 Å². The highest BCUT2D eigenvalue weighted by Gasteiger charge is 2.05. The van der Waals surface area contributed by atoms with Crippen LogP contribution in [-0.4, -0.2) is 4.98 Å². The van der Waals surface area contributed by atoms with Crippen molar-refractivity contribution in [2.24, 2.45) is 5.92 Å². The standard InChI is InChI=1S/C19H23N/c1-14(2)10-11-15(3)19-12-16(4)18(13-20-19)17-8-6-5-7-9-17/h5-9,11-14H,10H2,1-4H3/b15-11+. The van der Waals surface area contributed by atoms with Crippen molar-refractivity contribution in [3.8, 4) is 11.1 Å². The van der Waals surface area contributed by atoms with E-state index in [2.05, 4.69) is 69.1 Å². The molecule has 0 saturated carbocycles. The minimum atomic E-state index is 0.689. The highest BCUT2D eigenvalue weighted by atomic mass is 14.7. The molecular formula is C19H23N. The van der Waals surface area contributed by atoms with Crippen molar-refractivity contribution in [2.45, 2.75) is 34.1 Å². The van der Waals surface area contributed by atoms with Gasteiger partial charge >= 0.3 is 0 Å². The average molecular weight is 265 g/mol. The van der Waals surface area contributed by atoms with Crippen LogP contribution >= 0.6 is 0 Å². The molecule has 1 aromatic carbocycles. The SMILES string of the molecule is C/C(=C\CC(C)C)c1cc(C)c(-c2ccccc2)cn1. The Morgan fingerprint density at radius 3 is 2.50 bits per heavy atom. The Kier molecular flexibility index (Phi) is 4.73. The molecule has 1 heteroatoms. The molecule has 0 radical (unpaired) electrons. The normalized spacial score (nSPS) is 11.9. The van der Waals surface area contributed by atoms with Crippen LogP contribution in [0.1, 0.15) is 38.4 Å². The molecule has 2 aromatic rings. The molecule has 0 aliphatic carbocycles. The number of nitrogens with zero attached hydrogens (tertiary/aromatic N) is 1. The van der Waals surface area contributed by atoms with Crippen molar-refractivity contribution in [3.63, 3.8) is 0 Å². The number of rotatable bonds is 4. The number of hydrogen-bond acceptors (Lipinski definition) is 1. The van der Waals surface area contributed by atoms with Crippen molar-refractivity contribution in [3.05, 3.63) is 59.9 Å². The van der Waals surface area contributed by atoms with Gasteiger partial charge in [-0.05, 0) is 49.0 Å². The lowest BCUT2D eigenvalue weighted by Crippen LogP contribution is -1.92. The van der Waals surface area contributed by atoms with Gasteiger partial charge in [0.05, 0.1) is 5.69 Å². The third kappa shape index (κ3) is 3.57. The fraction of sp³-hybridized carbons (Fsp3) is 0.316. The van der Waals surface area contributed by atoms with Crippen LogP contribution in [0.4, 0.5) is 0 Å². The summed E-state index contributed by atoms with van der Waals surface area (Å²) in [5.41, 5.74) is 6.07. The maximum Gasteiger partial charge on any atom is 0.0658 e. The number of aryl methyl sites for hydroxylation is 1. The maximum absolute atomic E-state index is 4.63. The maximum atomic E-state index is 4.63. The van der Waals surface area contributed by atoms with Gasteiger partial charge in [0.15, 0.2) is 0 Å². The summed E-state index contributed by atoms with van der Waals surface area (Å²) >= 11 is 0. The predicted octanol–water partition coefficient (Wildman–Crippen LogP) is 5.51. The molecule has 0 aliphatic rings. The highest BCUT2D eigenvalue weighted by molar-refractivity contribution is 5.69. The third-order valence-electron chi connectivity index (χ3n) is 3.50. The van der Waals surface area contributed by atoms with Crippen LogP contribution in [0.2, 0.25) is 0 Å². The van der Waals surface area contributed by atoms with Crippen molar-refractivity contribution >= 4 is 5.57 Å². The molecule has 1 aromatic heterocycles. The number of hydrogen-bond donors (Lipinski definition) is 0. The molecule has 0 bridgehead atoms. The Labute approximate surface area is 122 Å². The monoisotopic (exact) mass is 265 g/mol. The van der Waals surface area contributed by atoms with Gasteiger partial charge in [-0.3, -0.25) is 4.98 Å². The van der Waals surface area contributed by atoms with Crippen LogP contribution < -0.4 is 0 Å². The molecule has 0 fully saturated rings. The van der Waals surface area contributed by atoms with E-state index < -0.39 is 0 Å². The first kappa shape index (κ1) is 14.5. The first-order chi connectivity index (χ1) is 9.58. The molecule has 104 valence electrons. The molecule has 1 heterocycles. The van der Waals surface area contributed by atoms with Gasteiger partial charge in [0.2, 0.25) is 0 Å². The van der Waals surface area contributed by atoms with E-state index in [0.717, 1.165) is 12.1 Å². The lowest BCUT2D eigenvalue weighted by Gasteiger charge is -2.09. The van der Waals surface area contributed by atoms with Crippen LogP contribution in [0.5, 0.6) is 0 Å².